The number of nitrogens with one attached hydrogen (secondary N) is 1. The van der Waals surface area contributed by atoms with Gasteiger partial charge in [0, 0.05) is 11.3 Å². The molecule has 0 spiro atoms. The van der Waals surface area contributed by atoms with Gasteiger partial charge in [-0.05, 0) is 42.5 Å². The van der Waals surface area contributed by atoms with Crippen molar-refractivity contribution in [2.24, 2.45) is 0 Å². The first-order valence-electron chi connectivity index (χ1n) is 6.98. The van der Waals surface area contributed by atoms with Crippen molar-refractivity contribution in [1.29, 1.82) is 0 Å². The van der Waals surface area contributed by atoms with Crippen molar-refractivity contribution in [2.45, 2.75) is 19.8 Å². The van der Waals surface area contributed by atoms with E-state index in [2.05, 4.69) is 30.4 Å². The molecule has 1 heterocycles. The summed E-state index contributed by atoms with van der Waals surface area (Å²) >= 11 is 0. The van der Waals surface area contributed by atoms with Gasteiger partial charge in [0.05, 0.1) is 5.57 Å². The second-order valence-electron chi connectivity index (χ2n) is 5.51. The number of hydrogen-bond donors (Lipinski definition) is 1. The molecule has 0 fully saturated rings. The molecule has 1 aliphatic carbocycles. The van der Waals surface area contributed by atoms with Crippen LogP contribution in [0.25, 0.3) is 11.1 Å². The van der Waals surface area contributed by atoms with Crippen LogP contribution in [0.5, 0.6) is 0 Å². The van der Waals surface area contributed by atoms with Crippen LogP contribution in [0.15, 0.2) is 42.5 Å². The molecule has 0 aromatic heterocycles. The van der Waals surface area contributed by atoms with Crippen LogP contribution in [-0.4, -0.2) is 5.91 Å². The summed E-state index contributed by atoms with van der Waals surface area (Å²) in [7, 11) is 0. The smallest absolute Gasteiger partial charge is 0.256 e. The predicted octanol–water partition coefficient (Wildman–Crippen LogP) is 3.80. The van der Waals surface area contributed by atoms with Gasteiger partial charge in [-0.3, -0.25) is 4.79 Å². The fraction of sp³-hybridized carbons (Fsp3) is 0.167. The van der Waals surface area contributed by atoms with Gasteiger partial charge in [-0.15, -0.1) is 0 Å². The lowest BCUT2D eigenvalue weighted by atomic mass is 9.96. The van der Waals surface area contributed by atoms with Crippen LogP contribution in [-0.2, 0) is 11.2 Å². The van der Waals surface area contributed by atoms with Crippen molar-refractivity contribution < 1.29 is 4.79 Å². The van der Waals surface area contributed by atoms with E-state index in [1.165, 1.54) is 22.3 Å². The number of para-hydroxylation sites is 1. The van der Waals surface area contributed by atoms with Crippen LogP contribution >= 0.6 is 0 Å². The SMILES string of the molecule is Cc1ccc2c(c1)CC/C2=C1/C(=O)Nc2ccccc21. The number of carbonyl (C=O) groups is 1. The van der Waals surface area contributed by atoms with Gasteiger partial charge in [0.25, 0.3) is 5.91 Å². The average Bonchev–Trinajstić information content (AvgIpc) is 2.97. The molecule has 2 aromatic carbocycles. The summed E-state index contributed by atoms with van der Waals surface area (Å²) in [4.78, 5) is 12.3. The van der Waals surface area contributed by atoms with Crippen LogP contribution in [0.3, 0.4) is 0 Å². The third-order valence-corrected chi connectivity index (χ3v) is 4.20. The summed E-state index contributed by atoms with van der Waals surface area (Å²) in [6.07, 6.45) is 1.99. The predicted molar refractivity (Wildman–Crippen MR) is 81.4 cm³/mol. The molecule has 1 amide bonds. The molecular weight excluding hydrogens is 246 g/mol. The van der Waals surface area contributed by atoms with E-state index in [1.807, 2.05) is 24.3 Å². The Bertz CT molecular complexity index is 771. The van der Waals surface area contributed by atoms with Crippen molar-refractivity contribution in [1.82, 2.24) is 0 Å². The lowest BCUT2D eigenvalue weighted by molar-refractivity contribution is -0.110. The summed E-state index contributed by atoms with van der Waals surface area (Å²) in [5.74, 6) is 0.0367. The average molecular weight is 261 g/mol. The summed E-state index contributed by atoms with van der Waals surface area (Å²) in [5.41, 5.74) is 7.93. The topological polar surface area (TPSA) is 29.1 Å². The zero-order valence-electron chi connectivity index (χ0n) is 11.4. The Morgan fingerprint density at radius 3 is 2.75 bits per heavy atom. The minimum Gasteiger partial charge on any atom is -0.321 e. The zero-order chi connectivity index (χ0) is 13.7. The molecule has 0 saturated heterocycles. The molecule has 2 heteroatoms. The quantitative estimate of drug-likeness (QED) is 0.718. The number of hydrogen-bond acceptors (Lipinski definition) is 1. The van der Waals surface area contributed by atoms with E-state index in [4.69, 9.17) is 0 Å². The highest BCUT2D eigenvalue weighted by atomic mass is 16.2. The summed E-state index contributed by atoms with van der Waals surface area (Å²) < 4.78 is 0. The van der Waals surface area contributed by atoms with Gasteiger partial charge in [-0.2, -0.15) is 0 Å². The van der Waals surface area contributed by atoms with Gasteiger partial charge >= 0.3 is 0 Å². The van der Waals surface area contributed by atoms with E-state index in [1.54, 1.807) is 0 Å². The van der Waals surface area contributed by atoms with E-state index < -0.39 is 0 Å². The number of rotatable bonds is 0. The van der Waals surface area contributed by atoms with E-state index in [-0.39, 0.29) is 5.91 Å². The van der Waals surface area contributed by atoms with Crippen molar-refractivity contribution in [3.05, 3.63) is 64.7 Å². The second-order valence-corrected chi connectivity index (χ2v) is 5.51. The number of benzene rings is 2. The Morgan fingerprint density at radius 1 is 1.00 bits per heavy atom. The molecule has 98 valence electrons. The van der Waals surface area contributed by atoms with E-state index >= 15 is 0 Å². The Hall–Kier alpha value is -2.35. The number of amides is 1. The van der Waals surface area contributed by atoms with Gasteiger partial charge in [0.15, 0.2) is 0 Å². The number of allylic oxidation sites excluding steroid dienone is 1. The molecule has 2 aliphatic rings. The molecule has 20 heavy (non-hydrogen) atoms. The molecule has 1 aliphatic heterocycles. The van der Waals surface area contributed by atoms with Crippen molar-refractivity contribution in [2.75, 3.05) is 5.32 Å². The summed E-state index contributed by atoms with van der Waals surface area (Å²) in [5, 5.41) is 2.97. The van der Waals surface area contributed by atoms with Crippen LogP contribution < -0.4 is 5.32 Å². The first-order valence-corrected chi connectivity index (χ1v) is 6.98. The van der Waals surface area contributed by atoms with Gasteiger partial charge < -0.3 is 5.32 Å². The van der Waals surface area contributed by atoms with Crippen LogP contribution in [0.4, 0.5) is 5.69 Å². The second kappa shape index (κ2) is 4.07. The minimum atomic E-state index is 0.0367. The summed E-state index contributed by atoms with van der Waals surface area (Å²) in [6, 6.07) is 14.5. The van der Waals surface area contributed by atoms with Crippen molar-refractivity contribution in [3.8, 4) is 0 Å². The van der Waals surface area contributed by atoms with Gasteiger partial charge in [0.2, 0.25) is 0 Å². The van der Waals surface area contributed by atoms with Crippen molar-refractivity contribution in [3.63, 3.8) is 0 Å². The molecule has 0 unspecified atom stereocenters. The van der Waals surface area contributed by atoms with Crippen LogP contribution in [0.1, 0.15) is 28.7 Å². The Labute approximate surface area is 118 Å². The fourth-order valence-electron chi connectivity index (χ4n) is 3.29. The normalized spacial score (nSPS) is 19.8. The molecular formula is C18H15NO. The Kier molecular flexibility index (Phi) is 2.34. The maximum Gasteiger partial charge on any atom is 0.256 e. The Balaban J connectivity index is 1.96. The number of fused-ring (bicyclic) bond motifs is 2. The number of carbonyl (C=O) groups excluding carboxylic acids is 1. The maximum absolute atomic E-state index is 12.3. The first kappa shape index (κ1) is 11.5. The Morgan fingerprint density at radius 2 is 1.85 bits per heavy atom. The minimum absolute atomic E-state index is 0.0367. The lowest BCUT2D eigenvalue weighted by Gasteiger charge is -2.06. The van der Waals surface area contributed by atoms with Crippen LogP contribution in [0.2, 0.25) is 0 Å². The molecule has 0 bridgehead atoms. The lowest BCUT2D eigenvalue weighted by Crippen LogP contribution is -2.05. The maximum atomic E-state index is 12.3. The first-order chi connectivity index (χ1) is 9.74. The molecule has 2 nitrogen and oxygen atoms in total. The monoisotopic (exact) mass is 261 g/mol. The highest BCUT2D eigenvalue weighted by Gasteiger charge is 2.30. The van der Waals surface area contributed by atoms with E-state index in [0.29, 0.717) is 0 Å². The highest BCUT2D eigenvalue weighted by Crippen LogP contribution is 2.42. The number of aryl methyl sites for hydroxylation is 2. The van der Waals surface area contributed by atoms with Crippen LogP contribution in [0, 0.1) is 6.92 Å². The molecule has 4 rings (SSSR count). The largest absolute Gasteiger partial charge is 0.321 e. The molecule has 2 aromatic rings. The molecule has 0 atom stereocenters. The van der Waals surface area contributed by atoms with Gasteiger partial charge in [-0.1, -0.05) is 42.0 Å². The van der Waals surface area contributed by atoms with Gasteiger partial charge in [0.1, 0.15) is 0 Å². The van der Waals surface area contributed by atoms with Gasteiger partial charge in [-0.25, -0.2) is 0 Å². The fourth-order valence-corrected chi connectivity index (χ4v) is 3.29. The third kappa shape index (κ3) is 1.54. The standard InChI is InChI=1S/C18H15NO/c1-11-6-8-13-12(10-11)7-9-14(13)17-15-4-2-3-5-16(15)19-18(17)20/h2-6,8,10H,7,9H2,1H3,(H,19,20)/b17-14-. The highest BCUT2D eigenvalue weighted by molar-refractivity contribution is 6.37. The summed E-state index contributed by atoms with van der Waals surface area (Å²) in [6.45, 7) is 2.11. The molecule has 0 radical (unpaired) electrons. The molecule has 0 saturated carbocycles. The third-order valence-electron chi connectivity index (χ3n) is 4.20. The van der Waals surface area contributed by atoms with Crippen molar-refractivity contribution >= 4 is 22.7 Å². The van der Waals surface area contributed by atoms with E-state index in [0.717, 1.165) is 29.7 Å². The number of anilines is 1. The van der Waals surface area contributed by atoms with E-state index in [9.17, 15) is 4.79 Å². The molecule has 1 N–H and O–H groups in total. The zero-order valence-corrected chi connectivity index (χ0v) is 11.4.